The van der Waals surface area contributed by atoms with E-state index in [1.807, 2.05) is 0 Å². The van der Waals surface area contributed by atoms with Crippen molar-refractivity contribution < 1.29 is 9.47 Å². The van der Waals surface area contributed by atoms with Crippen molar-refractivity contribution >= 4 is 0 Å². The fraction of sp³-hybridized carbons (Fsp3) is 1.00. The third-order valence-corrected chi connectivity index (χ3v) is 2.40. The smallest absolute Gasteiger partial charge is 0.0948 e. The maximum Gasteiger partial charge on any atom is 0.0948 e. The van der Waals surface area contributed by atoms with E-state index in [9.17, 15) is 0 Å². The van der Waals surface area contributed by atoms with Crippen LogP contribution in [-0.4, -0.2) is 37.5 Å². The van der Waals surface area contributed by atoms with Crippen molar-refractivity contribution in [3.63, 3.8) is 0 Å². The number of hydrogen-bond acceptors (Lipinski definition) is 4. The standard InChI is InChI=1S/C6H8N6O2/c7-11-9-3-1-13-6-4(10-12-8)2-14-5(3)6/h3-6H,1-2H2/t3-,4-,5+,6?/m0/s1. The van der Waals surface area contributed by atoms with Gasteiger partial charge in [0, 0.05) is 9.82 Å². The number of hydrogen-bond donors (Lipinski definition) is 0. The van der Waals surface area contributed by atoms with Gasteiger partial charge in [-0.1, -0.05) is 10.2 Å². The summed E-state index contributed by atoms with van der Waals surface area (Å²) in [5.74, 6) is 0. The van der Waals surface area contributed by atoms with Gasteiger partial charge in [-0.2, -0.15) is 0 Å². The molecule has 8 nitrogen and oxygen atoms in total. The van der Waals surface area contributed by atoms with Gasteiger partial charge in [-0.15, -0.1) is 0 Å². The van der Waals surface area contributed by atoms with Gasteiger partial charge in [0.05, 0.1) is 37.5 Å². The van der Waals surface area contributed by atoms with Crippen molar-refractivity contribution in [1.29, 1.82) is 0 Å². The molecule has 2 saturated heterocycles. The molecule has 2 fully saturated rings. The summed E-state index contributed by atoms with van der Waals surface area (Å²) >= 11 is 0. The Labute approximate surface area is 79.0 Å². The molecule has 2 aliphatic heterocycles. The minimum Gasteiger partial charge on any atom is -0.374 e. The summed E-state index contributed by atoms with van der Waals surface area (Å²) in [6, 6.07) is -0.604. The predicted molar refractivity (Wildman–Crippen MR) is 45.3 cm³/mol. The van der Waals surface area contributed by atoms with E-state index in [1.54, 1.807) is 0 Å². The Morgan fingerprint density at radius 3 is 1.71 bits per heavy atom. The van der Waals surface area contributed by atoms with Gasteiger partial charge in [0.25, 0.3) is 0 Å². The Morgan fingerprint density at radius 1 is 0.929 bits per heavy atom. The van der Waals surface area contributed by atoms with Crippen LogP contribution in [0.15, 0.2) is 10.2 Å². The topological polar surface area (TPSA) is 116 Å². The van der Waals surface area contributed by atoms with Gasteiger partial charge in [0.15, 0.2) is 0 Å². The first kappa shape index (κ1) is 9.11. The van der Waals surface area contributed by atoms with E-state index in [4.69, 9.17) is 20.5 Å². The fourth-order valence-electron chi connectivity index (χ4n) is 1.79. The highest BCUT2D eigenvalue weighted by molar-refractivity contribution is 5.00. The van der Waals surface area contributed by atoms with Crippen LogP contribution >= 0.6 is 0 Å². The summed E-state index contributed by atoms with van der Waals surface area (Å²) in [7, 11) is 0. The summed E-state index contributed by atoms with van der Waals surface area (Å²) in [5.41, 5.74) is 16.6. The van der Waals surface area contributed by atoms with Gasteiger partial charge in [-0.3, -0.25) is 0 Å². The zero-order valence-electron chi connectivity index (χ0n) is 7.22. The SMILES string of the molecule is [N-]=[N+]=N[C@H]1CO[C@H]2C1OC[C@@H]2N=[N+]=[N-]. The van der Waals surface area contributed by atoms with Crippen molar-refractivity contribution in [3.05, 3.63) is 20.9 Å². The molecule has 8 heteroatoms. The molecule has 0 aromatic heterocycles. The van der Waals surface area contributed by atoms with Crippen molar-refractivity contribution in [2.45, 2.75) is 24.3 Å². The lowest BCUT2D eigenvalue weighted by molar-refractivity contribution is 0.0692. The van der Waals surface area contributed by atoms with Gasteiger partial charge in [-0.05, 0) is 11.1 Å². The molecule has 2 rings (SSSR count). The van der Waals surface area contributed by atoms with Crippen LogP contribution in [0.2, 0.25) is 0 Å². The van der Waals surface area contributed by atoms with Gasteiger partial charge in [-0.25, -0.2) is 0 Å². The van der Waals surface area contributed by atoms with Crippen LogP contribution in [0, 0.1) is 0 Å². The Balaban J connectivity index is 2.11. The number of nitrogens with zero attached hydrogens (tertiary/aromatic N) is 6. The molecule has 1 unspecified atom stereocenters. The lowest BCUT2D eigenvalue weighted by Gasteiger charge is -2.10. The van der Waals surface area contributed by atoms with E-state index >= 15 is 0 Å². The van der Waals surface area contributed by atoms with Gasteiger partial charge in [0.1, 0.15) is 0 Å². The average molecular weight is 196 g/mol. The van der Waals surface area contributed by atoms with Crippen LogP contribution in [0.25, 0.3) is 20.9 Å². The maximum absolute atomic E-state index is 8.28. The van der Waals surface area contributed by atoms with E-state index in [0.717, 1.165) is 0 Å². The highest BCUT2D eigenvalue weighted by Crippen LogP contribution is 2.30. The van der Waals surface area contributed by atoms with Crippen LogP contribution < -0.4 is 0 Å². The van der Waals surface area contributed by atoms with Crippen LogP contribution in [0.4, 0.5) is 0 Å². The third-order valence-electron chi connectivity index (χ3n) is 2.40. The Hall–Kier alpha value is -1.46. The van der Waals surface area contributed by atoms with Crippen molar-refractivity contribution in [1.82, 2.24) is 0 Å². The molecule has 74 valence electrons. The molecule has 0 aromatic rings. The maximum atomic E-state index is 8.28. The summed E-state index contributed by atoms with van der Waals surface area (Å²) < 4.78 is 10.7. The van der Waals surface area contributed by atoms with Crippen LogP contribution in [0.5, 0.6) is 0 Å². The van der Waals surface area contributed by atoms with Crippen molar-refractivity contribution in [2.24, 2.45) is 10.2 Å². The number of ether oxygens (including phenoxy) is 2. The molecule has 2 heterocycles. The lowest BCUT2D eigenvalue weighted by atomic mass is 10.1. The highest BCUT2D eigenvalue weighted by atomic mass is 16.6. The largest absolute Gasteiger partial charge is 0.374 e. The normalized spacial score (nSPS) is 39.7. The second-order valence-electron chi connectivity index (χ2n) is 3.14. The van der Waals surface area contributed by atoms with Gasteiger partial charge in [0.2, 0.25) is 0 Å². The first-order chi connectivity index (χ1) is 6.86. The van der Waals surface area contributed by atoms with Crippen LogP contribution in [-0.2, 0) is 9.47 Å². The zero-order chi connectivity index (χ0) is 9.97. The van der Waals surface area contributed by atoms with Gasteiger partial charge < -0.3 is 9.47 Å². The summed E-state index contributed by atoms with van der Waals surface area (Å²) in [5, 5.41) is 7.11. The Morgan fingerprint density at radius 2 is 1.36 bits per heavy atom. The van der Waals surface area contributed by atoms with E-state index in [-0.39, 0.29) is 24.3 Å². The molecule has 0 aromatic carbocycles. The molecule has 0 saturated carbocycles. The van der Waals surface area contributed by atoms with Crippen LogP contribution in [0.1, 0.15) is 0 Å². The monoisotopic (exact) mass is 196 g/mol. The third kappa shape index (κ3) is 1.36. The van der Waals surface area contributed by atoms with Crippen LogP contribution in [0.3, 0.4) is 0 Å². The van der Waals surface area contributed by atoms with Gasteiger partial charge >= 0.3 is 0 Å². The number of fused-ring (bicyclic) bond motifs is 1. The minimum absolute atomic E-state index is 0.263. The molecule has 0 aliphatic carbocycles. The minimum atomic E-state index is -0.302. The molecule has 0 bridgehead atoms. The van der Waals surface area contributed by atoms with E-state index in [1.165, 1.54) is 0 Å². The molecule has 2 aliphatic rings. The van der Waals surface area contributed by atoms with E-state index in [0.29, 0.717) is 13.2 Å². The molecular weight excluding hydrogens is 188 g/mol. The average Bonchev–Trinajstić information content (AvgIpc) is 2.72. The molecule has 0 radical (unpaired) electrons. The number of rotatable bonds is 2. The Bertz CT molecular complexity index is 288. The molecule has 0 amide bonds. The predicted octanol–water partition coefficient (Wildman–Crippen LogP) is 1.14. The molecule has 0 N–H and O–H groups in total. The highest BCUT2D eigenvalue weighted by Gasteiger charge is 2.46. The second-order valence-corrected chi connectivity index (χ2v) is 3.14. The summed E-state index contributed by atoms with van der Waals surface area (Å²) in [6.07, 6.45) is -0.525. The molecule has 4 atom stereocenters. The molecular formula is C6H8N6O2. The number of azide groups is 2. The zero-order valence-corrected chi connectivity index (χ0v) is 7.22. The fourth-order valence-corrected chi connectivity index (χ4v) is 1.79. The first-order valence-corrected chi connectivity index (χ1v) is 4.18. The summed E-state index contributed by atoms with van der Waals surface area (Å²) in [4.78, 5) is 5.42. The van der Waals surface area contributed by atoms with E-state index < -0.39 is 0 Å². The summed E-state index contributed by atoms with van der Waals surface area (Å²) in [6.45, 7) is 0.660. The van der Waals surface area contributed by atoms with Crippen molar-refractivity contribution in [3.8, 4) is 0 Å². The van der Waals surface area contributed by atoms with Crippen molar-refractivity contribution in [2.75, 3.05) is 13.2 Å². The first-order valence-electron chi connectivity index (χ1n) is 4.18. The second kappa shape index (κ2) is 3.73. The molecule has 14 heavy (non-hydrogen) atoms. The van der Waals surface area contributed by atoms with E-state index in [2.05, 4.69) is 20.1 Å². The quantitative estimate of drug-likeness (QED) is 0.374. The molecule has 0 spiro atoms. The lowest BCUT2D eigenvalue weighted by Crippen LogP contribution is -2.29. The Kier molecular flexibility index (Phi) is 2.43.